The minimum atomic E-state index is -3.87. The van der Waals surface area contributed by atoms with Gasteiger partial charge in [-0.3, -0.25) is 4.79 Å². The van der Waals surface area contributed by atoms with E-state index in [-0.39, 0.29) is 5.92 Å². The second-order valence-corrected chi connectivity index (χ2v) is 3.46. The van der Waals surface area contributed by atoms with Gasteiger partial charge < -0.3 is 0 Å². The van der Waals surface area contributed by atoms with Crippen LogP contribution in [0.5, 0.6) is 0 Å². The van der Waals surface area contributed by atoms with Gasteiger partial charge in [0.1, 0.15) is 0 Å². The lowest BCUT2D eigenvalue weighted by Crippen LogP contribution is -2.38. The largest absolute Gasteiger partial charge is 0.298 e. The molecule has 10 heavy (non-hydrogen) atoms. The van der Waals surface area contributed by atoms with E-state index in [0.717, 1.165) is 0 Å². The monoisotopic (exact) mass is 166 g/mol. The summed E-state index contributed by atoms with van der Waals surface area (Å²) in [6, 6.07) is 0. The number of carbonyl (C=O) groups is 1. The second-order valence-electron chi connectivity index (χ2n) is 2.17. The molecule has 60 valence electrons. The summed E-state index contributed by atoms with van der Waals surface area (Å²) in [4.78, 5) is 10.6. The van der Waals surface area contributed by atoms with E-state index in [1.165, 1.54) is 0 Å². The van der Waals surface area contributed by atoms with E-state index in [2.05, 4.69) is 5.14 Å². The highest BCUT2D eigenvalue weighted by Crippen LogP contribution is 1.90. The molecular formula is C4H10N2O3S. The fraction of sp³-hybridized carbons (Fsp3) is 0.750. The van der Waals surface area contributed by atoms with Crippen molar-refractivity contribution in [1.82, 2.24) is 4.72 Å². The van der Waals surface area contributed by atoms with E-state index in [1.807, 2.05) is 0 Å². The predicted octanol–water partition coefficient (Wildman–Crippen LogP) is -1.04. The number of nitrogens with one attached hydrogen (secondary N) is 1. The number of carbonyl (C=O) groups excluding carboxylic acids is 1. The first-order valence-electron chi connectivity index (χ1n) is 2.67. The van der Waals surface area contributed by atoms with E-state index >= 15 is 0 Å². The standard InChI is InChI=1S/C4H10N2O3S/c1-3(2)4(7)6-10(5,8)9/h3H,1-2H3,(H,6,7)(H2,5,8,9). The van der Waals surface area contributed by atoms with Crippen LogP contribution in [0.4, 0.5) is 0 Å². The number of rotatable bonds is 2. The van der Waals surface area contributed by atoms with Crippen LogP contribution in [0.3, 0.4) is 0 Å². The molecule has 0 aromatic heterocycles. The topological polar surface area (TPSA) is 89.3 Å². The lowest BCUT2D eigenvalue weighted by atomic mass is 10.2. The minimum absolute atomic E-state index is 0.377. The molecule has 0 aliphatic heterocycles. The first-order chi connectivity index (χ1) is 4.33. The molecule has 0 aromatic carbocycles. The van der Waals surface area contributed by atoms with E-state index in [4.69, 9.17) is 0 Å². The second kappa shape index (κ2) is 2.98. The van der Waals surface area contributed by atoms with Crippen LogP contribution < -0.4 is 9.86 Å². The van der Waals surface area contributed by atoms with Gasteiger partial charge in [-0.1, -0.05) is 13.8 Å². The average Bonchev–Trinajstić information content (AvgIpc) is 1.60. The molecule has 0 heterocycles. The summed E-state index contributed by atoms with van der Waals surface area (Å²) in [5, 5.41) is 4.51. The van der Waals surface area contributed by atoms with E-state index in [9.17, 15) is 13.2 Å². The maximum absolute atomic E-state index is 10.6. The van der Waals surface area contributed by atoms with Crippen LogP contribution in [0.2, 0.25) is 0 Å². The zero-order valence-electron chi connectivity index (χ0n) is 5.79. The Morgan fingerprint density at radius 2 is 1.90 bits per heavy atom. The van der Waals surface area contributed by atoms with Gasteiger partial charge in [0, 0.05) is 5.92 Å². The first kappa shape index (κ1) is 9.38. The van der Waals surface area contributed by atoms with Crippen LogP contribution >= 0.6 is 0 Å². The van der Waals surface area contributed by atoms with Gasteiger partial charge in [-0.25, -0.2) is 9.86 Å². The molecule has 0 unspecified atom stereocenters. The van der Waals surface area contributed by atoms with Crippen molar-refractivity contribution >= 4 is 16.1 Å². The summed E-state index contributed by atoms with van der Waals surface area (Å²) in [7, 11) is -3.87. The van der Waals surface area contributed by atoms with Gasteiger partial charge in [0.15, 0.2) is 0 Å². The molecule has 0 spiro atoms. The van der Waals surface area contributed by atoms with Crippen LogP contribution in [0, 0.1) is 5.92 Å². The molecule has 0 radical (unpaired) electrons. The molecule has 0 saturated heterocycles. The van der Waals surface area contributed by atoms with Crippen molar-refractivity contribution in [2.45, 2.75) is 13.8 Å². The van der Waals surface area contributed by atoms with Crippen LogP contribution in [-0.4, -0.2) is 14.3 Å². The maximum Gasteiger partial charge on any atom is 0.298 e. The highest BCUT2D eigenvalue weighted by molar-refractivity contribution is 7.87. The number of hydrogen-bond acceptors (Lipinski definition) is 3. The molecule has 0 bridgehead atoms. The Morgan fingerprint density at radius 3 is 2.00 bits per heavy atom. The van der Waals surface area contributed by atoms with Gasteiger partial charge in [0.2, 0.25) is 5.91 Å². The van der Waals surface area contributed by atoms with Gasteiger partial charge >= 0.3 is 0 Å². The molecule has 0 atom stereocenters. The van der Waals surface area contributed by atoms with Gasteiger partial charge in [-0.2, -0.15) is 8.42 Å². The smallest absolute Gasteiger partial charge is 0.274 e. The Bertz CT molecular complexity index is 219. The van der Waals surface area contributed by atoms with E-state index < -0.39 is 16.1 Å². The summed E-state index contributed by atoms with van der Waals surface area (Å²) in [6.45, 7) is 3.14. The Kier molecular flexibility index (Phi) is 2.79. The molecule has 0 aromatic rings. The molecule has 0 aliphatic carbocycles. The Morgan fingerprint density at radius 1 is 1.50 bits per heavy atom. The van der Waals surface area contributed by atoms with Crippen LogP contribution in [0.1, 0.15) is 13.8 Å². The third-order valence-corrected chi connectivity index (χ3v) is 1.25. The first-order valence-corrected chi connectivity index (χ1v) is 4.22. The lowest BCUT2D eigenvalue weighted by molar-refractivity contribution is -0.122. The summed E-state index contributed by atoms with van der Waals surface area (Å²) in [5.41, 5.74) is 0. The van der Waals surface area contributed by atoms with Crippen molar-refractivity contribution in [2.75, 3.05) is 0 Å². The van der Waals surface area contributed by atoms with E-state index in [1.54, 1.807) is 18.6 Å². The summed E-state index contributed by atoms with van der Waals surface area (Å²) >= 11 is 0. The molecule has 0 fully saturated rings. The SMILES string of the molecule is CC(C)C(=O)NS(N)(=O)=O. The Balaban J connectivity index is 4.07. The molecule has 5 nitrogen and oxygen atoms in total. The van der Waals surface area contributed by atoms with E-state index in [0.29, 0.717) is 0 Å². The fourth-order valence-corrected chi connectivity index (χ4v) is 0.774. The van der Waals surface area contributed by atoms with Gasteiger partial charge in [-0.15, -0.1) is 0 Å². The zero-order chi connectivity index (χ0) is 8.36. The molecule has 1 amide bonds. The molecule has 0 rings (SSSR count). The van der Waals surface area contributed by atoms with Crippen LogP contribution in [0.25, 0.3) is 0 Å². The zero-order valence-corrected chi connectivity index (χ0v) is 6.60. The van der Waals surface area contributed by atoms with Crippen molar-refractivity contribution < 1.29 is 13.2 Å². The average molecular weight is 166 g/mol. The highest BCUT2D eigenvalue weighted by atomic mass is 32.2. The molecule has 0 aliphatic rings. The summed E-state index contributed by atoms with van der Waals surface area (Å²) in [6.07, 6.45) is 0. The van der Waals surface area contributed by atoms with Gasteiger partial charge in [-0.05, 0) is 0 Å². The third-order valence-electron chi connectivity index (χ3n) is 0.767. The number of hydrogen-bond donors (Lipinski definition) is 2. The van der Waals surface area contributed by atoms with Crippen LogP contribution in [0.15, 0.2) is 0 Å². The van der Waals surface area contributed by atoms with Gasteiger partial charge in [0.25, 0.3) is 10.2 Å². The van der Waals surface area contributed by atoms with Crippen molar-refractivity contribution in [1.29, 1.82) is 0 Å². The summed E-state index contributed by atoms with van der Waals surface area (Å²) < 4.78 is 22.0. The highest BCUT2D eigenvalue weighted by Gasteiger charge is 2.11. The molecule has 3 N–H and O–H groups in total. The van der Waals surface area contributed by atoms with Crippen molar-refractivity contribution in [3.8, 4) is 0 Å². The van der Waals surface area contributed by atoms with Crippen molar-refractivity contribution in [3.63, 3.8) is 0 Å². The molecular weight excluding hydrogens is 156 g/mol. The predicted molar refractivity (Wildman–Crippen MR) is 36.1 cm³/mol. The fourth-order valence-electron chi connectivity index (χ4n) is 0.258. The van der Waals surface area contributed by atoms with Crippen LogP contribution in [-0.2, 0) is 15.0 Å². The molecule has 0 saturated carbocycles. The maximum atomic E-state index is 10.6. The minimum Gasteiger partial charge on any atom is -0.274 e. The third kappa shape index (κ3) is 4.28. The Labute approximate surface area is 59.8 Å². The normalized spacial score (nSPS) is 11.6. The molecule has 6 heteroatoms. The number of amides is 1. The Hall–Kier alpha value is -0.620. The lowest BCUT2D eigenvalue weighted by Gasteiger charge is -2.03. The quantitative estimate of drug-likeness (QED) is 0.549. The van der Waals surface area contributed by atoms with Gasteiger partial charge in [0.05, 0.1) is 0 Å². The van der Waals surface area contributed by atoms with Crippen molar-refractivity contribution in [3.05, 3.63) is 0 Å². The van der Waals surface area contributed by atoms with Crippen molar-refractivity contribution in [2.24, 2.45) is 11.1 Å². The number of nitrogens with two attached hydrogens (primary N) is 1. The summed E-state index contributed by atoms with van der Waals surface area (Å²) in [5.74, 6) is -0.971.